The zero-order valence-electron chi connectivity index (χ0n) is 12.5. The summed E-state index contributed by atoms with van der Waals surface area (Å²) in [5, 5.41) is 9.61. The van der Waals surface area contributed by atoms with Gasteiger partial charge in [-0.15, -0.1) is 0 Å². The summed E-state index contributed by atoms with van der Waals surface area (Å²) >= 11 is 0. The van der Waals surface area contributed by atoms with Crippen molar-refractivity contribution in [3.63, 3.8) is 0 Å². The van der Waals surface area contributed by atoms with Crippen molar-refractivity contribution in [2.24, 2.45) is 0 Å². The quantitative estimate of drug-likeness (QED) is 0.875. The Kier molecular flexibility index (Phi) is 3.68. The van der Waals surface area contributed by atoms with Crippen LogP contribution in [0.3, 0.4) is 0 Å². The third-order valence-electron chi connectivity index (χ3n) is 4.11. The molecule has 0 radical (unpaired) electrons. The molecular weight excluding hydrogens is 298 g/mol. The van der Waals surface area contributed by atoms with E-state index in [2.05, 4.69) is 20.5 Å². The van der Waals surface area contributed by atoms with E-state index in [1.807, 2.05) is 18.2 Å². The number of carbonyl (C=O) groups is 1. The maximum absolute atomic E-state index is 12.6. The molecule has 1 aromatic heterocycles. The number of morpholine rings is 1. The molecule has 0 aliphatic carbocycles. The Bertz CT molecular complexity index is 703. The smallest absolute Gasteiger partial charge is 0.322 e. The second kappa shape index (κ2) is 5.98. The minimum absolute atomic E-state index is 0.173. The highest BCUT2D eigenvalue weighted by Gasteiger charge is 2.30. The van der Waals surface area contributed by atoms with Gasteiger partial charge in [0, 0.05) is 12.2 Å². The fraction of sp³-hybridized carbons (Fsp3) is 0.400. The average Bonchev–Trinajstić information content (AvgIpc) is 3.26. The molecule has 8 nitrogen and oxygen atoms in total. The van der Waals surface area contributed by atoms with Gasteiger partial charge in [0.2, 0.25) is 0 Å². The standard InChI is InChI=1S/C15H17N5O3/c21-15(18-12-2-1-10-6-23-7-11(10)5-12)20-3-4-22-8-13(20)14-16-9-17-19-14/h1-2,5,9,13H,3-4,6-8H2,(H,18,21)(H,16,17,19). The Morgan fingerprint density at radius 1 is 1.30 bits per heavy atom. The third-order valence-corrected chi connectivity index (χ3v) is 4.11. The molecule has 2 aromatic rings. The summed E-state index contributed by atoms with van der Waals surface area (Å²) < 4.78 is 10.9. The number of fused-ring (bicyclic) bond motifs is 1. The van der Waals surface area contributed by atoms with Crippen LogP contribution in [-0.2, 0) is 22.7 Å². The van der Waals surface area contributed by atoms with Crippen LogP contribution in [0.1, 0.15) is 23.0 Å². The first-order valence-corrected chi connectivity index (χ1v) is 7.51. The minimum Gasteiger partial charge on any atom is -0.377 e. The SMILES string of the molecule is O=C(Nc1ccc2c(c1)COC2)N1CCOCC1c1ncn[nH]1. The van der Waals surface area contributed by atoms with E-state index in [1.54, 1.807) is 4.90 Å². The molecule has 0 bridgehead atoms. The molecule has 0 saturated carbocycles. The van der Waals surface area contributed by atoms with E-state index in [1.165, 1.54) is 11.9 Å². The van der Waals surface area contributed by atoms with Gasteiger partial charge in [0.05, 0.1) is 26.4 Å². The normalized spacial score (nSPS) is 20.3. The van der Waals surface area contributed by atoms with Crippen LogP contribution in [0.4, 0.5) is 10.5 Å². The molecule has 23 heavy (non-hydrogen) atoms. The van der Waals surface area contributed by atoms with Crippen molar-refractivity contribution in [3.8, 4) is 0 Å². The molecule has 1 unspecified atom stereocenters. The monoisotopic (exact) mass is 315 g/mol. The first-order chi connectivity index (χ1) is 11.3. The lowest BCUT2D eigenvalue weighted by Crippen LogP contribution is -2.45. The number of rotatable bonds is 2. The Hall–Kier alpha value is -2.45. The number of amides is 2. The van der Waals surface area contributed by atoms with Gasteiger partial charge in [-0.1, -0.05) is 6.07 Å². The van der Waals surface area contributed by atoms with E-state index in [0.717, 1.165) is 11.3 Å². The van der Waals surface area contributed by atoms with Crippen molar-refractivity contribution in [1.82, 2.24) is 20.1 Å². The molecule has 8 heteroatoms. The number of benzene rings is 1. The van der Waals surface area contributed by atoms with Gasteiger partial charge in [-0.2, -0.15) is 5.10 Å². The van der Waals surface area contributed by atoms with Gasteiger partial charge in [0.25, 0.3) is 0 Å². The van der Waals surface area contributed by atoms with E-state index >= 15 is 0 Å². The van der Waals surface area contributed by atoms with Crippen LogP contribution in [0.5, 0.6) is 0 Å². The lowest BCUT2D eigenvalue weighted by atomic mass is 10.1. The van der Waals surface area contributed by atoms with Crippen LogP contribution < -0.4 is 5.32 Å². The number of carbonyl (C=O) groups excluding carboxylic acids is 1. The highest BCUT2D eigenvalue weighted by Crippen LogP contribution is 2.25. The third kappa shape index (κ3) is 2.78. The molecule has 1 fully saturated rings. The lowest BCUT2D eigenvalue weighted by Gasteiger charge is -2.34. The molecular formula is C15H17N5O3. The zero-order chi connectivity index (χ0) is 15.6. The molecule has 120 valence electrons. The fourth-order valence-corrected chi connectivity index (χ4v) is 2.89. The predicted octanol–water partition coefficient (Wildman–Crippen LogP) is 1.44. The minimum atomic E-state index is -0.260. The van der Waals surface area contributed by atoms with E-state index < -0.39 is 0 Å². The van der Waals surface area contributed by atoms with Crippen molar-refractivity contribution in [2.75, 3.05) is 25.1 Å². The van der Waals surface area contributed by atoms with Gasteiger partial charge >= 0.3 is 6.03 Å². The molecule has 1 saturated heterocycles. The number of nitrogens with zero attached hydrogens (tertiary/aromatic N) is 3. The first-order valence-electron chi connectivity index (χ1n) is 7.51. The fourth-order valence-electron chi connectivity index (χ4n) is 2.89. The molecule has 3 heterocycles. The zero-order valence-corrected chi connectivity index (χ0v) is 12.5. The summed E-state index contributed by atoms with van der Waals surface area (Å²) in [6.07, 6.45) is 1.43. The number of H-pyrrole nitrogens is 1. The molecule has 1 aromatic carbocycles. The lowest BCUT2D eigenvalue weighted by molar-refractivity contribution is 0.0118. The Balaban J connectivity index is 1.51. The van der Waals surface area contributed by atoms with Crippen molar-refractivity contribution < 1.29 is 14.3 Å². The number of nitrogens with one attached hydrogen (secondary N) is 2. The number of anilines is 1. The topological polar surface area (TPSA) is 92.4 Å². The summed E-state index contributed by atoms with van der Waals surface area (Å²) in [6.45, 7) is 2.65. The van der Waals surface area contributed by atoms with Crippen molar-refractivity contribution in [3.05, 3.63) is 41.5 Å². The van der Waals surface area contributed by atoms with E-state index in [-0.39, 0.29) is 12.1 Å². The summed E-state index contributed by atoms with van der Waals surface area (Å²) in [5.74, 6) is 0.627. The van der Waals surface area contributed by atoms with Crippen LogP contribution in [0.25, 0.3) is 0 Å². The first kappa shape index (κ1) is 14.2. The van der Waals surface area contributed by atoms with Crippen LogP contribution in [0.15, 0.2) is 24.5 Å². The maximum atomic E-state index is 12.6. The molecule has 0 spiro atoms. The van der Waals surface area contributed by atoms with E-state index in [0.29, 0.717) is 38.8 Å². The highest BCUT2D eigenvalue weighted by molar-refractivity contribution is 5.89. The van der Waals surface area contributed by atoms with Gasteiger partial charge in [-0.3, -0.25) is 5.10 Å². The second-order valence-electron chi connectivity index (χ2n) is 5.56. The second-order valence-corrected chi connectivity index (χ2v) is 5.56. The van der Waals surface area contributed by atoms with Crippen molar-refractivity contribution in [1.29, 1.82) is 0 Å². The van der Waals surface area contributed by atoms with Gasteiger partial charge < -0.3 is 19.7 Å². The maximum Gasteiger partial charge on any atom is 0.322 e. The average molecular weight is 315 g/mol. The van der Waals surface area contributed by atoms with Gasteiger partial charge in [0.15, 0.2) is 0 Å². The number of hydrogen-bond donors (Lipinski definition) is 2. The highest BCUT2D eigenvalue weighted by atomic mass is 16.5. The number of urea groups is 1. The van der Waals surface area contributed by atoms with Crippen LogP contribution in [-0.4, -0.2) is 45.9 Å². The molecule has 2 aliphatic rings. The Labute approximate surface area is 132 Å². The van der Waals surface area contributed by atoms with E-state index in [9.17, 15) is 4.79 Å². The molecule has 1 atom stereocenters. The van der Waals surface area contributed by atoms with Gasteiger partial charge in [-0.25, -0.2) is 9.78 Å². The molecule has 2 aliphatic heterocycles. The van der Waals surface area contributed by atoms with Crippen LogP contribution in [0, 0.1) is 0 Å². The number of hydrogen-bond acceptors (Lipinski definition) is 5. The van der Waals surface area contributed by atoms with Crippen LogP contribution >= 0.6 is 0 Å². The number of aromatic amines is 1. The molecule has 2 amide bonds. The summed E-state index contributed by atoms with van der Waals surface area (Å²) in [5.41, 5.74) is 3.06. The largest absolute Gasteiger partial charge is 0.377 e. The summed E-state index contributed by atoms with van der Waals surface area (Å²) in [4.78, 5) is 18.5. The Morgan fingerprint density at radius 2 is 2.22 bits per heavy atom. The Morgan fingerprint density at radius 3 is 3.09 bits per heavy atom. The summed E-state index contributed by atoms with van der Waals surface area (Å²) in [7, 11) is 0. The molecule has 2 N–H and O–H groups in total. The van der Waals surface area contributed by atoms with Crippen molar-refractivity contribution >= 4 is 11.7 Å². The number of ether oxygens (including phenoxy) is 2. The molecule has 4 rings (SSSR count). The van der Waals surface area contributed by atoms with Gasteiger partial charge in [-0.05, 0) is 23.3 Å². The van der Waals surface area contributed by atoms with E-state index in [4.69, 9.17) is 9.47 Å². The predicted molar refractivity (Wildman–Crippen MR) is 80.6 cm³/mol. The number of aromatic nitrogens is 3. The summed E-state index contributed by atoms with van der Waals surface area (Å²) in [6, 6.07) is 5.42. The van der Waals surface area contributed by atoms with Gasteiger partial charge in [0.1, 0.15) is 18.2 Å². The van der Waals surface area contributed by atoms with Crippen LogP contribution in [0.2, 0.25) is 0 Å². The van der Waals surface area contributed by atoms with Crippen molar-refractivity contribution in [2.45, 2.75) is 19.3 Å².